The second-order valence-corrected chi connectivity index (χ2v) is 7.36. The summed E-state index contributed by atoms with van der Waals surface area (Å²) in [4.78, 5) is 23.0. The van der Waals surface area contributed by atoms with E-state index in [2.05, 4.69) is 48.3 Å². The van der Waals surface area contributed by atoms with Gasteiger partial charge in [-0.1, -0.05) is 24.3 Å². The first-order chi connectivity index (χ1) is 14.8. The highest BCUT2D eigenvalue weighted by molar-refractivity contribution is 5.91. The Hall–Kier alpha value is -3.74. The average molecular weight is 397 g/mol. The summed E-state index contributed by atoms with van der Waals surface area (Å²) in [6, 6.07) is 18.2. The van der Waals surface area contributed by atoms with Crippen molar-refractivity contribution in [2.24, 2.45) is 0 Å². The highest BCUT2D eigenvalue weighted by Crippen LogP contribution is 2.25. The number of hydrogen-bond acceptors (Lipinski definition) is 7. The number of aromatic nitrogens is 4. The smallest absolute Gasteiger partial charge is 0.229 e. The largest absolute Gasteiger partial charge is 0.353 e. The summed E-state index contributed by atoms with van der Waals surface area (Å²) in [5.41, 5.74) is 2.75. The lowest BCUT2D eigenvalue weighted by Gasteiger charge is -2.36. The predicted molar refractivity (Wildman–Crippen MR) is 120 cm³/mol. The third-order valence-corrected chi connectivity index (χ3v) is 5.30. The summed E-state index contributed by atoms with van der Waals surface area (Å²) in [6.45, 7) is 5.61. The van der Waals surface area contributed by atoms with Crippen LogP contribution in [0.3, 0.4) is 0 Å². The molecule has 7 nitrogen and oxygen atoms in total. The number of pyridine rings is 2. The minimum Gasteiger partial charge on any atom is -0.353 e. The molecule has 30 heavy (non-hydrogen) atoms. The van der Waals surface area contributed by atoms with Crippen molar-refractivity contribution in [3.05, 3.63) is 72.7 Å². The van der Waals surface area contributed by atoms with Crippen molar-refractivity contribution in [1.82, 2.24) is 19.9 Å². The van der Waals surface area contributed by atoms with Crippen LogP contribution in [0.15, 0.2) is 67.0 Å². The third-order valence-electron chi connectivity index (χ3n) is 5.30. The summed E-state index contributed by atoms with van der Waals surface area (Å²) >= 11 is 0. The molecule has 150 valence electrons. The van der Waals surface area contributed by atoms with E-state index in [0.717, 1.165) is 60.1 Å². The van der Waals surface area contributed by atoms with Gasteiger partial charge in [-0.2, -0.15) is 4.98 Å². The van der Waals surface area contributed by atoms with Crippen LogP contribution < -0.4 is 15.1 Å². The van der Waals surface area contributed by atoms with Gasteiger partial charge in [-0.3, -0.25) is 4.98 Å². The standard InChI is InChI=1S/C23H23N7/c1-17-16-21(30-14-12-29(13-15-30)20-9-2-3-10-24-20)28-23(26-17)27-19-8-4-6-18-7-5-11-25-22(18)19/h2-11,16H,12-15H2,1H3,(H,26,27,28). The zero-order chi connectivity index (χ0) is 20.3. The fourth-order valence-electron chi connectivity index (χ4n) is 3.80. The number of anilines is 4. The van der Waals surface area contributed by atoms with Crippen molar-refractivity contribution >= 4 is 34.2 Å². The number of fused-ring (bicyclic) bond motifs is 1. The Bertz CT molecular complexity index is 1150. The molecule has 0 bridgehead atoms. The molecule has 0 unspecified atom stereocenters. The monoisotopic (exact) mass is 397 g/mol. The normalized spacial score (nSPS) is 14.2. The quantitative estimate of drug-likeness (QED) is 0.562. The average Bonchev–Trinajstić information content (AvgIpc) is 2.80. The minimum atomic E-state index is 0.593. The molecule has 1 fully saturated rings. The molecule has 0 aliphatic carbocycles. The van der Waals surface area contributed by atoms with Crippen LogP contribution in [-0.2, 0) is 0 Å². The Morgan fingerprint density at radius 2 is 1.53 bits per heavy atom. The maximum atomic E-state index is 4.80. The van der Waals surface area contributed by atoms with Crippen molar-refractivity contribution in [2.75, 3.05) is 41.3 Å². The molecular weight excluding hydrogens is 374 g/mol. The molecule has 0 atom stereocenters. The fourth-order valence-corrected chi connectivity index (χ4v) is 3.80. The summed E-state index contributed by atoms with van der Waals surface area (Å²) in [5.74, 6) is 2.57. The van der Waals surface area contributed by atoms with Crippen LogP contribution in [0.1, 0.15) is 5.69 Å². The van der Waals surface area contributed by atoms with E-state index in [1.165, 1.54) is 0 Å². The van der Waals surface area contributed by atoms with Gasteiger partial charge in [0.15, 0.2) is 0 Å². The third kappa shape index (κ3) is 3.74. The number of nitrogens with zero attached hydrogens (tertiary/aromatic N) is 6. The Labute approximate surface area is 175 Å². The lowest BCUT2D eigenvalue weighted by Crippen LogP contribution is -2.47. The van der Waals surface area contributed by atoms with Crippen molar-refractivity contribution in [3.63, 3.8) is 0 Å². The van der Waals surface area contributed by atoms with Gasteiger partial charge in [0.05, 0.1) is 11.2 Å². The predicted octanol–water partition coefficient (Wildman–Crippen LogP) is 3.80. The van der Waals surface area contributed by atoms with Crippen LogP contribution >= 0.6 is 0 Å². The van der Waals surface area contributed by atoms with Crippen molar-refractivity contribution < 1.29 is 0 Å². The van der Waals surface area contributed by atoms with Crippen LogP contribution in [0.4, 0.5) is 23.3 Å². The molecule has 0 saturated carbocycles. The topological polar surface area (TPSA) is 70.1 Å². The van der Waals surface area contributed by atoms with E-state index in [4.69, 9.17) is 4.98 Å². The van der Waals surface area contributed by atoms with Crippen LogP contribution in [-0.4, -0.2) is 46.1 Å². The second-order valence-electron chi connectivity index (χ2n) is 7.36. The zero-order valence-corrected chi connectivity index (χ0v) is 16.9. The first-order valence-electron chi connectivity index (χ1n) is 10.1. The van der Waals surface area contributed by atoms with Gasteiger partial charge in [0.1, 0.15) is 11.6 Å². The molecule has 0 spiro atoms. The summed E-state index contributed by atoms with van der Waals surface area (Å²) in [7, 11) is 0. The van der Waals surface area contributed by atoms with E-state index in [1.54, 1.807) is 6.20 Å². The highest BCUT2D eigenvalue weighted by atomic mass is 15.3. The molecule has 1 aliphatic heterocycles. The highest BCUT2D eigenvalue weighted by Gasteiger charge is 2.20. The fraction of sp³-hybridized carbons (Fsp3) is 0.217. The van der Waals surface area contributed by atoms with E-state index in [1.807, 2.05) is 49.5 Å². The van der Waals surface area contributed by atoms with Gasteiger partial charge in [-0.25, -0.2) is 9.97 Å². The van der Waals surface area contributed by atoms with Crippen molar-refractivity contribution in [2.45, 2.75) is 6.92 Å². The summed E-state index contributed by atoms with van der Waals surface area (Å²) < 4.78 is 0. The molecule has 1 aromatic carbocycles. The van der Waals surface area contributed by atoms with Crippen molar-refractivity contribution in [3.8, 4) is 0 Å². The summed E-state index contributed by atoms with van der Waals surface area (Å²) in [5, 5.41) is 4.45. The first kappa shape index (κ1) is 18.3. The molecule has 1 N–H and O–H groups in total. The number of benzene rings is 1. The maximum absolute atomic E-state index is 4.80. The number of piperazine rings is 1. The van der Waals surface area contributed by atoms with Gasteiger partial charge >= 0.3 is 0 Å². The second kappa shape index (κ2) is 7.94. The SMILES string of the molecule is Cc1cc(N2CCN(c3ccccn3)CC2)nc(Nc2cccc3cccnc23)n1. The molecule has 5 rings (SSSR count). The van der Waals surface area contributed by atoms with Gasteiger partial charge in [0.25, 0.3) is 0 Å². The van der Waals surface area contributed by atoms with E-state index >= 15 is 0 Å². The van der Waals surface area contributed by atoms with Gasteiger partial charge < -0.3 is 15.1 Å². The van der Waals surface area contributed by atoms with Gasteiger partial charge in [0, 0.05) is 55.7 Å². The van der Waals surface area contributed by atoms with Gasteiger partial charge in [-0.05, 0) is 31.2 Å². The van der Waals surface area contributed by atoms with E-state index in [0.29, 0.717) is 5.95 Å². The van der Waals surface area contributed by atoms with Crippen LogP contribution in [0.25, 0.3) is 10.9 Å². The van der Waals surface area contributed by atoms with Crippen LogP contribution in [0, 0.1) is 6.92 Å². The number of para-hydroxylation sites is 1. The molecule has 0 amide bonds. The van der Waals surface area contributed by atoms with E-state index < -0.39 is 0 Å². The molecule has 7 heteroatoms. The Morgan fingerprint density at radius 3 is 2.33 bits per heavy atom. The lowest BCUT2D eigenvalue weighted by molar-refractivity contribution is 0.641. The molecule has 3 aromatic heterocycles. The number of hydrogen-bond donors (Lipinski definition) is 1. The summed E-state index contributed by atoms with van der Waals surface area (Å²) in [6.07, 6.45) is 3.65. The molecule has 4 heterocycles. The number of nitrogens with one attached hydrogen (secondary N) is 1. The van der Waals surface area contributed by atoms with Crippen molar-refractivity contribution in [1.29, 1.82) is 0 Å². The van der Waals surface area contributed by atoms with Crippen LogP contribution in [0.2, 0.25) is 0 Å². The lowest BCUT2D eigenvalue weighted by atomic mass is 10.2. The molecule has 0 radical (unpaired) electrons. The molecular formula is C23H23N7. The number of rotatable bonds is 4. The van der Waals surface area contributed by atoms with Crippen LogP contribution in [0.5, 0.6) is 0 Å². The zero-order valence-electron chi connectivity index (χ0n) is 16.9. The van der Waals surface area contributed by atoms with Gasteiger partial charge in [0.2, 0.25) is 5.95 Å². The molecule has 1 saturated heterocycles. The minimum absolute atomic E-state index is 0.593. The van der Waals surface area contributed by atoms with E-state index in [9.17, 15) is 0 Å². The van der Waals surface area contributed by atoms with Gasteiger partial charge in [-0.15, -0.1) is 0 Å². The maximum Gasteiger partial charge on any atom is 0.229 e. The van der Waals surface area contributed by atoms with E-state index in [-0.39, 0.29) is 0 Å². The molecule has 4 aromatic rings. The Morgan fingerprint density at radius 1 is 0.767 bits per heavy atom. The molecule has 1 aliphatic rings. The number of aryl methyl sites for hydroxylation is 1. The Balaban J connectivity index is 1.35. The first-order valence-corrected chi connectivity index (χ1v) is 10.1. The Kier molecular flexibility index (Phi) is 4.85.